The summed E-state index contributed by atoms with van der Waals surface area (Å²) in [7, 11) is 0. The zero-order valence-corrected chi connectivity index (χ0v) is 14.0. The van der Waals surface area contributed by atoms with Crippen LogP contribution in [0.4, 0.5) is 14.5 Å². The fraction of sp³-hybridized carbons (Fsp3) is 0.263. The van der Waals surface area contributed by atoms with Crippen molar-refractivity contribution >= 4 is 17.5 Å². The molecule has 3 rings (SSSR count). The molecule has 0 aliphatic carbocycles. The lowest BCUT2D eigenvalue weighted by atomic mass is 10.1. The Kier molecular flexibility index (Phi) is 5.46. The normalized spacial score (nSPS) is 14.0. The number of ether oxygens (including phenoxy) is 1. The SMILES string of the molecule is O=C(NCc1ccccc1OC(F)F)c1ccccc1N1CCCC1=O. The van der Waals surface area contributed by atoms with Crippen molar-refractivity contribution in [3.8, 4) is 5.75 Å². The van der Waals surface area contributed by atoms with E-state index in [2.05, 4.69) is 10.1 Å². The van der Waals surface area contributed by atoms with Crippen LogP contribution in [-0.2, 0) is 11.3 Å². The summed E-state index contributed by atoms with van der Waals surface area (Å²) < 4.78 is 29.4. The van der Waals surface area contributed by atoms with Gasteiger partial charge in [-0.3, -0.25) is 9.59 Å². The second kappa shape index (κ2) is 7.95. The number of hydrogen-bond donors (Lipinski definition) is 1. The van der Waals surface area contributed by atoms with Crippen LogP contribution in [0, 0.1) is 0 Å². The van der Waals surface area contributed by atoms with E-state index in [0.717, 1.165) is 6.42 Å². The molecule has 26 heavy (non-hydrogen) atoms. The standard InChI is InChI=1S/C19H18F2N2O3/c20-19(21)26-16-9-4-1-6-13(16)12-22-18(25)14-7-2-3-8-15(14)23-11-5-10-17(23)24/h1-4,6-9,19H,5,10-12H2,(H,22,25). The van der Waals surface area contributed by atoms with E-state index < -0.39 is 6.61 Å². The highest BCUT2D eigenvalue weighted by Gasteiger charge is 2.25. The van der Waals surface area contributed by atoms with Crippen molar-refractivity contribution in [2.24, 2.45) is 0 Å². The molecule has 7 heteroatoms. The number of alkyl halides is 2. The lowest BCUT2D eigenvalue weighted by Gasteiger charge is -2.19. The van der Waals surface area contributed by atoms with Crippen LogP contribution >= 0.6 is 0 Å². The van der Waals surface area contributed by atoms with Gasteiger partial charge in [0, 0.05) is 25.1 Å². The molecule has 0 atom stereocenters. The van der Waals surface area contributed by atoms with Gasteiger partial charge in [0.05, 0.1) is 11.3 Å². The molecule has 1 N–H and O–H groups in total. The van der Waals surface area contributed by atoms with Crippen molar-refractivity contribution in [2.45, 2.75) is 26.0 Å². The van der Waals surface area contributed by atoms with Crippen molar-refractivity contribution < 1.29 is 23.1 Å². The van der Waals surface area contributed by atoms with E-state index in [1.54, 1.807) is 47.4 Å². The number of nitrogens with zero attached hydrogens (tertiary/aromatic N) is 1. The Balaban J connectivity index is 1.75. The molecule has 0 aromatic heterocycles. The molecule has 1 aliphatic rings. The van der Waals surface area contributed by atoms with Gasteiger partial charge in [-0.25, -0.2) is 0 Å². The third-order valence-corrected chi connectivity index (χ3v) is 4.14. The summed E-state index contributed by atoms with van der Waals surface area (Å²) in [5.74, 6) is -0.376. The Morgan fingerprint density at radius 3 is 2.62 bits per heavy atom. The van der Waals surface area contributed by atoms with Gasteiger partial charge in [0.1, 0.15) is 5.75 Å². The summed E-state index contributed by atoms with van der Waals surface area (Å²) in [4.78, 5) is 26.2. The van der Waals surface area contributed by atoms with Crippen LogP contribution in [-0.4, -0.2) is 25.0 Å². The molecule has 136 valence electrons. The average molecular weight is 360 g/mol. The minimum Gasteiger partial charge on any atom is -0.434 e. The van der Waals surface area contributed by atoms with Crippen LogP contribution in [0.25, 0.3) is 0 Å². The van der Waals surface area contributed by atoms with Crippen LogP contribution in [0.1, 0.15) is 28.8 Å². The number of nitrogens with one attached hydrogen (secondary N) is 1. The first-order chi connectivity index (χ1) is 12.6. The fourth-order valence-corrected chi connectivity index (χ4v) is 2.94. The van der Waals surface area contributed by atoms with E-state index >= 15 is 0 Å². The molecule has 1 heterocycles. The van der Waals surface area contributed by atoms with Crippen molar-refractivity contribution in [3.05, 3.63) is 59.7 Å². The molecule has 0 saturated carbocycles. The Bertz CT molecular complexity index is 811. The lowest BCUT2D eigenvalue weighted by Crippen LogP contribution is -2.29. The number of benzene rings is 2. The molecule has 0 unspecified atom stereocenters. The summed E-state index contributed by atoms with van der Waals surface area (Å²) in [6.45, 7) is -2.33. The average Bonchev–Trinajstić information content (AvgIpc) is 3.06. The first kappa shape index (κ1) is 17.8. The van der Waals surface area contributed by atoms with Gasteiger partial charge in [0.15, 0.2) is 0 Å². The quantitative estimate of drug-likeness (QED) is 0.860. The van der Waals surface area contributed by atoms with Crippen LogP contribution < -0.4 is 15.0 Å². The Morgan fingerprint density at radius 1 is 1.15 bits per heavy atom. The maximum absolute atomic E-state index is 12.6. The number of halogens is 2. The molecular formula is C19H18F2N2O3. The predicted molar refractivity (Wildman–Crippen MR) is 92.3 cm³/mol. The number of carbonyl (C=O) groups excluding carboxylic acids is 2. The lowest BCUT2D eigenvalue weighted by molar-refractivity contribution is -0.117. The molecule has 0 radical (unpaired) electrons. The van der Waals surface area contributed by atoms with Crippen LogP contribution in [0.2, 0.25) is 0 Å². The first-order valence-electron chi connectivity index (χ1n) is 8.26. The highest BCUT2D eigenvalue weighted by atomic mass is 19.3. The Morgan fingerprint density at radius 2 is 1.88 bits per heavy atom. The number of amides is 2. The number of anilines is 1. The summed E-state index contributed by atoms with van der Waals surface area (Å²) in [6.07, 6.45) is 1.22. The van der Waals surface area contributed by atoms with E-state index in [1.165, 1.54) is 6.07 Å². The largest absolute Gasteiger partial charge is 0.434 e. The van der Waals surface area contributed by atoms with Crippen molar-refractivity contribution in [3.63, 3.8) is 0 Å². The van der Waals surface area contributed by atoms with Gasteiger partial charge in [-0.2, -0.15) is 8.78 Å². The second-order valence-electron chi connectivity index (χ2n) is 5.83. The van der Waals surface area contributed by atoms with Crippen molar-refractivity contribution in [2.75, 3.05) is 11.4 Å². The van der Waals surface area contributed by atoms with Gasteiger partial charge < -0.3 is 15.0 Å². The third kappa shape index (κ3) is 3.99. The van der Waals surface area contributed by atoms with Gasteiger partial charge in [-0.15, -0.1) is 0 Å². The maximum atomic E-state index is 12.6. The Labute approximate surface area is 149 Å². The van der Waals surface area contributed by atoms with E-state index in [-0.39, 0.29) is 24.1 Å². The zero-order valence-electron chi connectivity index (χ0n) is 14.0. The highest BCUT2D eigenvalue weighted by molar-refractivity contribution is 6.05. The molecule has 1 aliphatic heterocycles. The fourth-order valence-electron chi connectivity index (χ4n) is 2.94. The van der Waals surface area contributed by atoms with E-state index in [1.807, 2.05) is 0 Å². The van der Waals surface area contributed by atoms with E-state index in [9.17, 15) is 18.4 Å². The molecule has 5 nitrogen and oxygen atoms in total. The van der Waals surface area contributed by atoms with E-state index in [0.29, 0.717) is 29.8 Å². The van der Waals surface area contributed by atoms with Gasteiger partial charge in [0.25, 0.3) is 5.91 Å². The monoisotopic (exact) mass is 360 g/mol. The summed E-state index contributed by atoms with van der Waals surface area (Å²) in [6, 6.07) is 13.1. The third-order valence-electron chi connectivity index (χ3n) is 4.14. The van der Waals surface area contributed by atoms with Crippen LogP contribution in [0.5, 0.6) is 5.75 Å². The number of carbonyl (C=O) groups is 2. The van der Waals surface area contributed by atoms with Crippen LogP contribution in [0.3, 0.4) is 0 Å². The first-order valence-corrected chi connectivity index (χ1v) is 8.26. The smallest absolute Gasteiger partial charge is 0.387 e. The molecule has 1 saturated heterocycles. The number of rotatable bonds is 6. The molecule has 0 spiro atoms. The number of hydrogen-bond acceptors (Lipinski definition) is 3. The van der Waals surface area contributed by atoms with Gasteiger partial charge >= 0.3 is 6.61 Å². The topological polar surface area (TPSA) is 58.6 Å². The second-order valence-corrected chi connectivity index (χ2v) is 5.83. The molecule has 2 amide bonds. The predicted octanol–water partition coefficient (Wildman–Crippen LogP) is 3.34. The summed E-state index contributed by atoms with van der Waals surface area (Å²) >= 11 is 0. The van der Waals surface area contributed by atoms with Crippen molar-refractivity contribution in [1.82, 2.24) is 5.32 Å². The van der Waals surface area contributed by atoms with Gasteiger partial charge in [-0.1, -0.05) is 30.3 Å². The van der Waals surface area contributed by atoms with Gasteiger partial charge in [0.2, 0.25) is 5.91 Å². The molecule has 2 aromatic carbocycles. The highest BCUT2D eigenvalue weighted by Crippen LogP contribution is 2.26. The molecular weight excluding hydrogens is 342 g/mol. The maximum Gasteiger partial charge on any atom is 0.387 e. The minimum atomic E-state index is -2.94. The number of para-hydroxylation sites is 2. The summed E-state index contributed by atoms with van der Waals surface area (Å²) in [5, 5.41) is 2.71. The van der Waals surface area contributed by atoms with E-state index in [4.69, 9.17) is 0 Å². The molecule has 2 aromatic rings. The Hall–Kier alpha value is -2.96. The molecule has 1 fully saturated rings. The zero-order chi connectivity index (χ0) is 18.5. The van der Waals surface area contributed by atoms with Gasteiger partial charge in [-0.05, 0) is 24.6 Å². The molecule has 0 bridgehead atoms. The minimum absolute atomic E-state index is 0.0130. The van der Waals surface area contributed by atoms with Crippen LogP contribution in [0.15, 0.2) is 48.5 Å². The summed E-state index contributed by atoms with van der Waals surface area (Å²) in [5.41, 5.74) is 1.37. The van der Waals surface area contributed by atoms with Crippen molar-refractivity contribution in [1.29, 1.82) is 0 Å².